The predicted molar refractivity (Wildman–Crippen MR) is 74.2 cm³/mol. The summed E-state index contributed by atoms with van der Waals surface area (Å²) in [7, 11) is 0. The van der Waals surface area contributed by atoms with Gasteiger partial charge in [0, 0.05) is 40.0 Å². The number of rotatable bonds is 1. The fraction of sp³-hybridized carbons (Fsp3) is 0.538. The first-order valence-corrected chi connectivity index (χ1v) is 7.02. The van der Waals surface area contributed by atoms with Crippen LogP contribution >= 0.6 is 27.5 Å². The summed E-state index contributed by atoms with van der Waals surface area (Å²) in [6.07, 6.45) is 0. The number of hydrogen-bond acceptors (Lipinski definition) is 2. The highest BCUT2D eigenvalue weighted by Crippen LogP contribution is 2.42. The van der Waals surface area contributed by atoms with Gasteiger partial charge in [-0.25, -0.2) is 0 Å². The molecule has 2 N–H and O–H groups in total. The molecule has 0 saturated carbocycles. The number of hydrogen-bond donors (Lipinski definition) is 2. The van der Waals surface area contributed by atoms with E-state index >= 15 is 0 Å². The smallest absolute Gasteiger partial charge is 0.0985 e. The van der Waals surface area contributed by atoms with E-state index in [1.54, 1.807) is 0 Å². The van der Waals surface area contributed by atoms with E-state index in [0.717, 1.165) is 23.1 Å². The first-order chi connectivity index (χ1) is 7.96. The average molecular weight is 319 g/mol. The maximum absolute atomic E-state index is 11.0. The van der Waals surface area contributed by atoms with Gasteiger partial charge in [-0.15, -0.1) is 0 Å². The number of piperidine rings is 1. The molecule has 17 heavy (non-hydrogen) atoms. The van der Waals surface area contributed by atoms with Gasteiger partial charge >= 0.3 is 0 Å². The third-order valence-electron chi connectivity index (χ3n) is 3.77. The molecule has 0 amide bonds. The van der Waals surface area contributed by atoms with Crippen molar-refractivity contribution in [3.63, 3.8) is 0 Å². The Kier molecular flexibility index (Phi) is 3.83. The number of nitrogens with one attached hydrogen (secondary N) is 1. The minimum Gasteiger partial charge on any atom is -0.384 e. The molecule has 1 fully saturated rings. The maximum Gasteiger partial charge on any atom is 0.0985 e. The summed E-state index contributed by atoms with van der Waals surface area (Å²) in [6.45, 7) is 5.74. The van der Waals surface area contributed by atoms with Gasteiger partial charge in [-0.3, -0.25) is 0 Å². The molecule has 0 bridgehead atoms. The Morgan fingerprint density at radius 3 is 2.47 bits per heavy atom. The summed E-state index contributed by atoms with van der Waals surface area (Å²) >= 11 is 9.66. The molecule has 1 heterocycles. The summed E-state index contributed by atoms with van der Waals surface area (Å²) in [6, 6.07) is 5.70. The quantitative estimate of drug-likeness (QED) is 0.833. The largest absolute Gasteiger partial charge is 0.384 e. The van der Waals surface area contributed by atoms with E-state index in [4.69, 9.17) is 11.6 Å². The molecule has 0 spiro atoms. The van der Waals surface area contributed by atoms with Gasteiger partial charge in [0.05, 0.1) is 5.60 Å². The third-order valence-corrected chi connectivity index (χ3v) is 4.57. The van der Waals surface area contributed by atoms with Crippen LogP contribution in [0.1, 0.15) is 19.4 Å². The fourth-order valence-corrected chi connectivity index (χ4v) is 3.48. The van der Waals surface area contributed by atoms with E-state index in [1.165, 1.54) is 0 Å². The number of aliphatic hydroxyl groups is 1. The van der Waals surface area contributed by atoms with Crippen LogP contribution in [0.3, 0.4) is 0 Å². The molecule has 1 saturated heterocycles. The van der Waals surface area contributed by atoms with Gasteiger partial charge in [-0.05, 0) is 12.1 Å². The zero-order valence-corrected chi connectivity index (χ0v) is 12.3. The summed E-state index contributed by atoms with van der Waals surface area (Å²) in [5.41, 5.74) is -0.00730. The van der Waals surface area contributed by atoms with Crippen molar-refractivity contribution < 1.29 is 5.11 Å². The van der Waals surface area contributed by atoms with E-state index < -0.39 is 5.60 Å². The Balaban J connectivity index is 2.48. The Hall–Kier alpha value is -0.0900. The highest BCUT2D eigenvalue weighted by molar-refractivity contribution is 9.10. The molecule has 94 valence electrons. The van der Waals surface area contributed by atoms with Crippen LogP contribution in [0.5, 0.6) is 0 Å². The molecule has 0 aliphatic carbocycles. The van der Waals surface area contributed by atoms with Gasteiger partial charge in [0.15, 0.2) is 0 Å². The van der Waals surface area contributed by atoms with Gasteiger partial charge in [0.1, 0.15) is 0 Å². The topological polar surface area (TPSA) is 32.3 Å². The van der Waals surface area contributed by atoms with Crippen LogP contribution in [0.4, 0.5) is 0 Å². The zero-order valence-electron chi connectivity index (χ0n) is 10.0. The lowest BCUT2D eigenvalue weighted by molar-refractivity contribution is -0.0806. The van der Waals surface area contributed by atoms with Crippen molar-refractivity contribution in [3.05, 3.63) is 33.3 Å². The van der Waals surface area contributed by atoms with Crippen molar-refractivity contribution in [3.8, 4) is 0 Å². The summed E-state index contributed by atoms with van der Waals surface area (Å²) < 4.78 is 0.934. The van der Waals surface area contributed by atoms with Crippen molar-refractivity contribution in [2.24, 2.45) is 11.8 Å². The van der Waals surface area contributed by atoms with E-state index in [0.29, 0.717) is 5.02 Å². The van der Waals surface area contributed by atoms with Gasteiger partial charge in [0.25, 0.3) is 0 Å². The zero-order chi connectivity index (χ0) is 12.6. The highest BCUT2D eigenvalue weighted by atomic mass is 79.9. The van der Waals surface area contributed by atoms with Crippen molar-refractivity contribution in [1.29, 1.82) is 0 Å². The molecule has 0 unspecified atom stereocenters. The summed E-state index contributed by atoms with van der Waals surface area (Å²) in [4.78, 5) is 0. The third kappa shape index (κ3) is 2.26. The minimum absolute atomic E-state index is 0.143. The van der Waals surface area contributed by atoms with Gasteiger partial charge in [-0.1, -0.05) is 47.4 Å². The Bertz CT molecular complexity index is 414. The van der Waals surface area contributed by atoms with Crippen molar-refractivity contribution >= 4 is 27.5 Å². The van der Waals surface area contributed by atoms with Crippen LogP contribution in [0.25, 0.3) is 0 Å². The van der Waals surface area contributed by atoms with Gasteiger partial charge in [0.2, 0.25) is 0 Å². The molecule has 4 heteroatoms. The molecule has 1 aromatic rings. The van der Waals surface area contributed by atoms with Gasteiger partial charge < -0.3 is 10.4 Å². The number of benzene rings is 1. The lowest BCUT2D eigenvalue weighted by atomic mass is 9.71. The van der Waals surface area contributed by atoms with Crippen molar-refractivity contribution in [2.75, 3.05) is 13.1 Å². The molecule has 3 atom stereocenters. The van der Waals surface area contributed by atoms with Crippen LogP contribution in [-0.2, 0) is 5.60 Å². The Labute approximate surface area is 115 Å². The standard InChI is InChI=1S/C13H17BrClNO/c1-8-6-16-7-9(2)13(8,17)11-4-3-10(14)5-12(11)15/h3-5,8-9,16-17H,6-7H2,1-2H3/t8-,9+,13-. The van der Waals surface area contributed by atoms with Gasteiger partial charge in [-0.2, -0.15) is 0 Å². The van der Waals surface area contributed by atoms with E-state index in [9.17, 15) is 5.11 Å². The van der Waals surface area contributed by atoms with Crippen LogP contribution in [-0.4, -0.2) is 18.2 Å². The molecule has 0 aromatic heterocycles. The minimum atomic E-state index is -0.844. The molecule has 1 aromatic carbocycles. The van der Waals surface area contributed by atoms with Crippen LogP contribution in [0.2, 0.25) is 5.02 Å². The highest BCUT2D eigenvalue weighted by Gasteiger charge is 2.44. The molecule has 0 radical (unpaired) electrons. The Morgan fingerprint density at radius 2 is 1.94 bits per heavy atom. The first kappa shape index (κ1) is 13.3. The molecular formula is C13H17BrClNO. The van der Waals surface area contributed by atoms with E-state index in [1.807, 2.05) is 18.2 Å². The molecule has 2 nitrogen and oxygen atoms in total. The second kappa shape index (κ2) is 4.88. The van der Waals surface area contributed by atoms with Crippen LogP contribution in [0, 0.1) is 11.8 Å². The van der Waals surface area contributed by atoms with Crippen molar-refractivity contribution in [1.82, 2.24) is 5.32 Å². The lowest BCUT2D eigenvalue weighted by Crippen LogP contribution is -2.52. The second-order valence-corrected chi connectivity index (χ2v) is 6.23. The SMILES string of the molecule is C[C@@H]1CNC[C@H](C)[C@@]1(O)c1ccc(Br)cc1Cl. The van der Waals surface area contributed by atoms with E-state index in [2.05, 4.69) is 35.1 Å². The lowest BCUT2D eigenvalue weighted by Gasteiger charge is -2.44. The molecule has 1 aliphatic rings. The molecule has 2 rings (SSSR count). The number of halogens is 2. The molecular weight excluding hydrogens is 302 g/mol. The second-order valence-electron chi connectivity index (χ2n) is 4.91. The average Bonchev–Trinajstić information content (AvgIpc) is 2.26. The summed E-state index contributed by atoms with van der Waals surface area (Å²) in [5, 5.41) is 15.0. The Morgan fingerprint density at radius 1 is 1.35 bits per heavy atom. The fourth-order valence-electron chi connectivity index (χ4n) is 2.66. The predicted octanol–water partition coefficient (Wildman–Crippen LogP) is 3.17. The van der Waals surface area contributed by atoms with Crippen LogP contribution < -0.4 is 5.32 Å². The monoisotopic (exact) mass is 317 g/mol. The molecule has 1 aliphatic heterocycles. The van der Waals surface area contributed by atoms with Crippen molar-refractivity contribution in [2.45, 2.75) is 19.4 Å². The normalized spacial score (nSPS) is 33.7. The van der Waals surface area contributed by atoms with Crippen LogP contribution in [0.15, 0.2) is 22.7 Å². The maximum atomic E-state index is 11.0. The summed E-state index contributed by atoms with van der Waals surface area (Å²) in [5.74, 6) is 0.287. The first-order valence-electron chi connectivity index (χ1n) is 5.85. The van der Waals surface area contributed by atoms with E-state index in [-0.39, 0.29) is 11.8 Å².